The number of aldehydes is 1. The summed E-state index contributed by atoms with van der Waals surface area (Å²) in [6, 6.07) is 0. The number of aryl methyl sites for hydroxylation is 1. The quantitative estimate of drug-likeness (QED) is 0.685. The Hall–Kier alpha value is -1.81. The van der Waals surface area contributed by atoms with Gasteiger partial charge in [-0.05, 0) is 61.8 Å². The van der Waals surface area contributed by atoms with Crippen LogP contribution >= 0.6 is 0 Å². The molecule has 0 aliphatic carbocycles. The number of aliphatic hydroxyl groups excluding tert-OH is 1. The van der Waals surface area contributed by atoms with Crippen LogP contribution in [0.2, 0.25) is 0 Å². The van der Waals surface area contributed by atoms with Gasteiger partial charge >= 0.3 is 0 Å². The third-order valence-corrected chi connectivity index (χ3v) is 4.51. The molecule has 0 spiro atoms. The second-order valence-corrected chi connectivity index (χ2v) is 5.75. The summed E-state index contributed by atoms with van der Waals surface area (Å²) in [6.45, 7) is 8.56. The number of rotatable bonds is 7. The highest BCUT2D eigenvalue weighted by Gasteiger charge is 2.20. The van der Waals surface area contributed by atoms with E-state index in [0.29, 0.717) is 12.1 Å². The van der Waals surface area contributed by atoms with E-state index in [2.05, 4.69) is 30.7 Å². The molecule has 0 amide bonds. The van der Waals surface area contributed by atoms with Gasteiger partial charge in [0.1, 0.15) is 0 Å². The monoisotopic (exact) mass is 302 g/mol. The molecule has 4 heteroatoms. The number of aromatic amines is 2. The van der Waals surface area contributed by atoms with E-state index in [1.165, 1.54) is 16.8 Å². The molecular formula is C18H26N2O2. The third-order valence-electron chi connectivity index (χ3n) is 4.51. The van der Waals surface area contributed by atoms with E-state index in [1.807, 2.05) is 6.92 Å². The molecule has 0 radical (unpaired) electrons. The molecule has 2 heterocycles. The van der Waals surface area contributed by atoms with Crippen molar-refractivity contribution < 1.29 is 9.90 Å². The predicted molar refractivity (Wildman–Crippen MR) is 89.6 cm³/mol. The molecule has 120 valence electrons. The van der Waals surface area contributed by atoms with Gasteiger partial charge in [0.15, 0.2) is 6.29 Å². The number of carbonyl (C=O) groups excluding carboxylic acids is 1. The first-order valence-corrected chi connectivity index (χ1v) is 8.07. The van der Waals surface area contributed by atoms with Gasteiger partial charge in [-0.25, -0.2) is 0 Å². The highest BCUT2D eigenvalue weighted by atomic mass is 16.2. The number of hydrogen-bond acceptors (Lipinski definition) is 2. The van der Waals surface area contributed by atoms with Crippen molar-refractivity contribution in [3.8, 4) is 11.4 Å². The first-order valence-electron chi connectivity index (χ1n) is 8.07. The van der Waals surface area contributed by atoms with Gasteiger partial charge in [-0.1, -0.05) is 13.8 Å². The lowest BCUT2D eigenvalue weighted by atomic mass is 9.98. The molecule has 0 aliphatic rings. The van der Waals surface area contributed by atoms with Gasteiger partial charge in [-0.15, -0.1) is 0 Å². The van der Waals surface area contributed by atoms with Gasteiger partial charge in [0.05, 0.1) is 17.1 Å². The fourth-order valence-electron chi connectivity index (χ4n) is 3.35. The van der Waals surface area contributed by atoms with Crippen molar-refractivity contribution in [1.82, 2.24) is 9.97 Å². The van der Waals surface area contributed by atoms with Crippen LogP contribution in [0.1, 0.15) is 58.7 Å². The van der Waals surface area contributed by atoms with E-state index in [1.54, 1.807) is 0 Å². The minimum atomic E-state index is 0.158. The Morgan fingerprint density at radius 2 is 1.64 bits per heavy atom. The largest absolute Gasteiger partial charge is 0.396 e. The summed E-state index contributed by atoms with van der Waals surface area (Å²) in [5, 5.41) is 9.14. The summed E-state index contributed by atoms with van der Waals surface area (Å²) >= 11 is 0. The molecule has 0 bridgehead atoms. The molecule has 0 fully saturated rings. The van der Waals surface area contributed by atoms with Crippen LogP contribution in [0.25, 0.3) is 11.4 Å². The van der Waals surface area contributed by atoms with Crippen LogP contribution in [-0.2, 0) is 19.3 Å². The summed E-state index contributed by atoms with van der Waals surface area (Å²) in [7, 11) is 0. The van der Waals surface area contributed by atoms with Crippen molar-refractivity contribution in [2.75, 3.05) is 6.61 Å². The van der Waals surface area contributed by atoms with E-state index in [-0.39, 0.29) is 6.61 Å². The van der Waals surface area contributed by atoms with Crippen molar-refractivity contribution in [3.63, 3.8) is 0 Å². The molecule has 2 rings (SSSR count). The topological polar surface area (TPSA) is 68.9 Å². The molecule has 0 saturated carbocycles. The van der Waals surface area contributed by atoms with Crippen LogP contribution in [0, 0.1) is 13.8 Å². The highest BCUT2D eigenvalue weighted by Crippen LogP contribution is 2.33. The van der Waals surface area contributed by atoms with Crippen molar-refractivity contribution in [3.05, 3.63) is 33.6 Å². The lowest BCUT2D eigenvalue weighted by Crippen LogP contribution is -1.95. The van der Waals surface area contributed by atoms with Gasteiger partial charge < -0.3 is 15.1 Å². The average molecular weight is 302 g/mol. The maximum atomic E-state index is 11.3. The average Bonchev–Trinajstić information content (AvgIpc) is 3.01. The maximum Gasteiger partial charge on any atom is 0.166 e. The van der Waals surface area contributed by atoms with Crippen LogP contribution in [0.5, 0.6) is 0 Å². The minimum absolute atomic E-state index is 0.158. The molecule has 22 heavy (non-hydrogen) atoms. The molecule has 0 saturated heterocycles. The number of aliphatic hydroxyl groups is 1. The number of carbonyl (C=O) groups is 1. The molecule has 0 aliphatic heterocycles. The van der Waals surface area contributed by atoms with Gasteiger partial charge in [-0.3, -0.25) is 4.79 Å². The van der Waals surface area contributed by atoms with Crippen LogP contribution in [-0.4, -0.2) is 28.0 Å². The molecule has 0 atom stereocenters. The summed E-state index contributed by atoms with van der Waals surface area (Å²) in [6.07, 6.45) is 4.30. The standard InChI is InChI=1S/C18H26N2O2/c1-5-13-12(4)19-17(14(13)6-2)18-15(8-7-9-21)11(3)16(10-22)20-18/h10,19-21H,5-9H2,1-4H3. The zero-order valence-electron chi connectivity index (χ0n) is 14.0. The first kappa shape index (κ1) is 16.6. The number of aromatic nitrogens is 2. The van der Waals surface area contributed by atoms with Crippen LogP contribution in [0.3, 0.4) is 0 Å². The fourth-order valence-corrected chi connectivity index (χ4v) is 3.35. The normalized spacial score (nSPS) is 11.1. The van der Waals surface area contributed by atoms with Crippen molar-refractivity contribution >= 4 is 6.29 Å². The zero-order chi connectivity index (χ0) is 16.3. The Kier molecular flexibility index (Phi) is 5.24. The summed E-state index contributed by atoms with van der Waals surface area (Å²) < 4.78 is 0. The van der Waals surface area contributed by atoms with Gasteiger partial charge in [0, 0.05) is 12.3 Å². The lowest BCUT2D eigenvalue weighted by molar-refractivity contribution is 0.111. The Labute approximate surface area is 132 Å². The summed E-state index contributed by atoms with van der Waals surface area (Å²) in [4.78, 5) is 18.1. The first-order chi connectivity index (χ1) is 10.6. The number of nitrogens with one attached hydrogen (secondary N) is 2. The Balaban J connectivity index is 2.63. The van der Waals surface area contributed by atoms with Crippen LogP contribution in [0.15, 0.2) is 0 Å². The van der Waals surface area contributed by atoms with Gasteiger partial charge in [0.2, 0.25) is 0 Å². The number of hydrogen-bond donors (Lipinski definition) is 3. The van der Waals surface area contributed by atoms with Gasteiger partial charge in [-0.2, -0.15) is 0 Å². The molecule has 0 aromatic carbocycles. The van der Waals surface area contributed by atoms with Crippen molar-refractivity contribution in [2.24, 2.45) is 0 Å². The highest BCUT2D eigenvalue weighted by molar-refractivity contribution is 5.80. The molecule has 4 nitrogen and oxygen atoms in total. The van der Waals surface area contributed by atoms with E-state index in [9.17, 15) is 4.79 Å². The van der Waals surface area contributed by atoms with E-state index >= 15 is 0 Å². The van der Waals surface area contributed by atoms with E-state index in [0.717, 1.165) is 48.1 Å². The van der Waals surface area contributed by atoms with Gasteiger partial charge in [0.25, 0.3) is 0 Å². The molecule has 0 unspecified atom stereocenters. The minimum Gasteiger partial charge on any atom is -0.396 e. The zero-order valence-corrected chi connectivity index (χ0v) is 14.0. The fraction of sp³-hybridized carbons (Fsp3) is 0.500. The molecule has 3 N–H and O–H groups in total. The summed E-state index contributed by atoms with van der Waals surface area (Å²) in [5.74, 6) is 0. The Morgan fingerprint density at radius 1 is 1.00 bits per heavy atom. The predicted octanol–water partition coefficient (Wildman–Crippen LogP) is 3.49. The van der Waals surface area contributed by atoms with Crippen molar-refractivity contribution in [2.45, 2.75) is 53.4 Å². The van der Waals surface area contributed by atoms with E-state index < -0.39 is 0 Å². The second-order valence-electron chi connectivity index (χ2n) is 5.75. The maximum absolute atomic E-state index is 11.3. The SMILES string of the molecule is CCc1c(C)[nH]c(-c2[nH]c(C=O)c(C)c2CCCO)c1CC. The lowest BCUT2D eigenvalue weighted by Gasteiger charge is -2.07. The Bertz CT molecular complexity index is 665. The third kappa shape index (κ3) is 2.75. The van der Waals surface area contributed by atoms with Crippen LogP contribution in [0.4, 0.5) is 0 Å². The smallest absolute Gasteiger partial charge is 0.166 e. The number of H-pyrrole nitrogens is 2. The Morgan fingerprint density at radius 3 is 2.18 bits per heavy atom. The van der Waals surface area contributed by atoms with Crippen molar-refractivity contribution in [1.29, 1.82) is 0 Å². The summed E-state index contributed by atoms with van der Waals surface area (Å²) in [5.41, 5.74) is 8.75. The molecule has 2 aromatic rings. The molecular weight excluding hydrogens is 276 g/mol. The molecule has 2 aromatic heterocycles. The van der Waals surface area contributed by atoms with Crippen LogP contribution < -0.4 is 0 Å². The van der Waals surface area contributed by atoms with E-state index in [4.69, 9.17) is 5.11 Å². The second kappa shape index (κ2) is 6.97.